The summed E-state index contributed by atoms with van der Waals surface area (Å²) in [5, 5.41) is 12.2. The largest absolute Gasteiger partial charge is 0.480 e. The zero-order chi connectivity index (χ0) is 11.5. The molecule has 1 unspecified atom stereocenters. The summed E-state index contributed by atoms with van der Waals surface area (Å²) in [6.45, 7) is 2.68. The van der Waals surface area contributed by atoms with E-state index in [0.717, 1.165) is 18.4 Å². The Morgan fingerprint density at radius 1 is 1.44 bits per heavy atom. The molecule has 1 saturated carbocycles. The zero-order valence-electron chi connectivity index (χ0n) is 9.44. The van der Waals surface area contributed by atoms with Crippen molar-refractivity contribution in [2.75, 3.05) is 0 Å². The molecule has 86 valence electrons. The van der Waals surface area contributed by atoms with Gasteiger partial charge in [-0.2, -0.15) is 0 Å². The van der Waals surface area contributed by atoms with E-state index in [1.807, 2.05) is 31.2 Å². The third-order valence-corrected chi connectivity index (χ3v) is 3.01. The molecule has 2 rings (SSSR count). The van der Waals surface area contributed by atoms with Crippen molar-refractivity contribution in [1.29, 1.82) is 0 Å². The van der Waals surface area contributed by atoms with Crippen LogP contribution in [0.15, 0.2) is 24.3 Å². The molecule has 0 spiro atoms. The lowest BCUT2D eigenvalue weighted by Gasteiger charge is -2.13. The molecular formula is C13H17NO2. The van der Waals surface area contributed by atoms with Gasteiger partial charge < -0.3 is 10.4 Å². The van der Waals surface area contributed by atoms with E-state index < -0.39 is 5.97 Å². The highest BCUT2D eigenvalue weighted by Gasteiger charge is 2.35. The lowest BCUT2D eigenvalue weighted by atomic mass is 10.1. The maximum absolute atomic E-state index is 11.0. The Morgan fingerprint density at radius 2 is 2.06 bits per heavy atom. The minimum atomic E-state index is -0.727. The lowest BCUT2D eigenvalue weighted by Crippen LogP contribution is -2.38. The number of carboxylic acid groups (broad SMARTS) is 1. The molecule has 1 aliphatic rings. The number of aliphatic carboxylic acids is 1. The van der Waals surface area contributed by atoms with Crippen LogP contribution in [0.25, 0.3) is 0 Å². The van der Waals surface area contributed by atoms with Crippen LogP contribution in [-0.2, 0) is 11.3 Å². The van der Waals surface area contributed by atoms with Gasteiger partial charge in [0.15, 0.2) is 0 Å². The average Bonchev–Trinajstić information content (AvgIpc) is 3.05. The second-order valence-corrected chi connectivity index (χ2v) is 4.52. The highest BCUT2D eigenvalue weighted by Crippen LogP contribution is 2.32. The predicted octanol–water partition coefficient (Wildman–Crippen LogP) is 1.95. The van der Waals surface area contributed by atoms with Gasteiger partial charge in [-0.05, 0) is 31.2 Å². The highest BCUT2D eigenvalue weighted by molar-refractivity contribution is 5.74. The number of nitrogens with one attached hydrogen (secondary N) is 1. The second kappa shape index (κ2) is 4.66. The molecular weight excluding hydrogens is 202 g/mol. The molecule has 0 radical (unpaired) electrons. The first-order valence-electron chi connectivity index (χ1n) is 5.68. The Balaban J connectivity index is 1.90. The summed E-state index contributed by atoms with van der Waals surface area (Å²) < 4.78 is 0. The maximum Gasteiger partial charge on any atom is 0.320 e. The number of hydrogen-bond donors (Lipinski definition) is 2. The first kappa shape index (κ1) is 11.1. The number of carboxylic acids is 1. The molecule has 0 bridgehead atoms. The smallest absolute Gasteiger partial charge is 0.320 e. The van der Waals surface area contributed by atoms with Crippen molar-refractivity contribution in [2.45, 2.75) is 32.4 Å². The number of carbonyl (C=O) groups is 1. The molecule has 3 heteroatoms. The zero-order valence-corrected chi connectivity index (χ0v) is 9.44. The van der Waals surface area contributed by atoms with Crippen molar-refractivity contribution in [2.24, 2.45) is 5.92 Å². The normalized spacial score (nSPS) is 17.1. The molecule has 0 amide bonds. The first-order valence-corrected chi connectivity index (χ1v) is 5.68. The maximum atomic E-state index is 11.0. The van der Waals surface area contributed by atoms with Crippen LogP contribution in [0.2, 0.25) is 0 Å². The van der Waals surface area contributed by atoms with Crippen LogP contribution in [0.4, 0.5) is 0 Å². The summed E-state index contributed by atoms with van der Waals surface area (Å²) in [5.74, 6) is -0.391. The molecule has 0 saturated heterocycles. The second-order valence-electron chi connectivity index (χ2n) is 4.52. The van der Waals surface area contributed by atoms with Gasteiger partial charge in [-0.3, -0.25) is 4.79 Å². The summed E-state index contributed by atoms with van der Waals surface area (Å²) in [4.78, 5) is 11.0. The third kappa shape index (κ3) is 2.83. The number of hydrogen-bond acceptors (Lipinski definition) is 2. The summed E-state index contributed by atoms with van der Waals surface area (Å²) in [6.07, 6.45) is 2.08. The number of rotatable bonds is 5. The van der Waals surface area contributed by atoms with Gasteiger partial charge in [0, 0.05) is 6.54 Å². The Bertz CT molecular complexity index is 368. The van der Waals surface area contributed by atoms with E-state index in [1.54, 1.807) is 0 Å². The summed E-state index contributed by atoms with van der Waals surface area (Å²) >= 11 is 0. The Morgan fingerprint density at radius 3 is 2.56 bits per heavy atom. The molecule has 1 aromatic rings. The van der Waals surface area contributed by atoms with Crippen molar-refractivity contribution in [3.8, 4) is 0 Å². The van der Waals surface area contributed by atoms with Crippen LogP contribution in [0.5, 0.6) is 0 Å². The van der Waals surface area contributed by atoms with Gasteiger partial charge in [0.1, 0.15) is 6.04 Å². The molecule has 3 nitrogen and oxygen atoms in total. The Kier molecular flexibility index (Phi) is 3.25. The van der Waals surface area contributed by atoms with Gasteiger partial charge in [-0.1, -0.05) is 29.8 Å². The number of aryl methyl sites for hydroxylation is 1. The molecule has 0 aromatic heterocycles. The van der Waals surface area contributed by atoms with E-state index in [0.29, 0.717) is 12.5 Å². The minimum absolute atomic E-state index is 0.336. The van der Waals surface area contributed by atoms with Crippen molar-refractivity contribution in [1.82, 2.24) is 5.32 Å². The quantitative estimate of drug-likeness (QED) is 0.795. The Labute approximate surface area is 95.5 Å². The van der Waals surface area contributed by atoms with Crippen LogP contribution >= 0.6 is 0 Å². The first-order chi connectivity index (χ1) is 7.66. The standard InChI is InChI=1S/C13H17NO2/c1-9-2-4-10(5-3-9)8-14-12(13(15)16)11-6-7-11/h2-5,11-12,14H,6-8H2,1H3,(H,15,16). The fourth-order valence-corrected chi connectivity index (χ4v) is 1.82. The summed E-state index contributed by atoms with van der Waals surface area (Å²) in [7, 11) is 0. The molecule has 2 N–H and O–H groups in total. The molecule has 1 aromatic carbocycles. The van der Waals surface area contributed by atoms with E-state index in [4.69, 9.17) is 5.11 Å². The fraction of sp³-hybridized carbons (Fsp3) is 0.462. The third-order valence-electron chi connectivity index (χ3n) is 3.01. The van der Waals surface area contributed by atoms with Crippen LogP contribution in [0, 0.1) is 12.8 Å². The van der Waals surface area contributed by atoms with Gasteiger partial charge >= 0.3 is 5.97 Å². The molecule has 1 atom stereocenters. The molecule has 16 heavy (non-hydrogen) atoms. The van der Waals surface area contributed by atoms with Crippen LogP contribution < -0.4 is 5.32 Å². The van der Waals surface area contributed by atoms with Crippen molar-refractivity contribution < 1.29 is 9.90 Å². The van der Waals surface area contributed by atoms with E-state index >= 15 is 0 Å². The number of benzene rings is 1. The predicted molar refractivity (Wildman–Crippen MR) is 62.2 cm³/mol. The van der Waals surface area contributed by atoms with Crippen LogP contribution in [0.3, 0.4) is 0 Å². The SMILES string of the molecule is Cc1ccc(CNC(C(=O)O)C2CC2)cc1. The van der Waals surface area contributed by atoms with Gasteiger partial charge in [0.05, 0.1) is 0 Å². The molecule has 1 aliphatic carbocycles. The summed E-state index contributed by atoms with van der Waals surface area (Å²) in [6, 6.07) is 7.79. The minimum Gasteiger partial charge on any atom is -0.480 e. The molecule has 1 fully saturated rings. The highest BCUT2D eigenvalue weighted by atomic mass is 16.4. The lowest BCUT2D eigenvalue weighted by molar-refractivity contribution is -0.140. The van der Waals surface area contributed by atoms with Crippen molar-refractivity contribution in [3.63, 3.8) is 0 Å². The van der Waals surface area contributed by atoms with Crippen molar-refractivity contribution in [3.05, 3.63) is 35.4 Å². The monoisotopic (exact) mass is 219 g/mol. The summed E-state index contributed by atoms with van der Waals surface area (Å²) in [5.41, 5.74) is 2.36. The van der Waals surface area contributed by atoms with Gasteiger partial charge in [0.2, 0.25) is 0 Å². The van der Waals surface area contributed by atoms with E-state index in [1.165, 1.54) is 5.56 Å². The van der Waals surface area contributed by atoms with Gasteiger partial charge in [0.25, 0.3) is 0 Å². The van der Waals surface area contributed by atoms with Crippen molar-refractivity contribution >= 4 is 5.97 Å². The van der Waals surface area contributed by atoms with E-state index in [-0.39, 0.29) is 6.04 Å². The van der Waals surface area contributed by atoms with Crippen LogP contribution in [-0.4, -0.2) is 17.1 Å². The Hall–Kier alpha value is -1.35. The van der Waals surface area contributed by atoms with E-state index in [2.05, 4.69) is 5.32 Å². The average molecular weight is 219 g/mol. The van der Waals surface area contributed by atoms with Gasteiger partial charge in [-0.25, -0.2) is 0 Å². The van der Waals surface area contributed by atoms with E-state index in [9.17, 15) is 4.79 Å². The molecule has 0 aliphatic heterocycles. The topological polar surface area (TPSA) is 49.3 Å². The fourth-order valence-electron chi connectivity index (χ4n) is 1.82. The van der Waals surface area contributed by atoms with Crippen LogP contribution in [0.1, 0.15) is 24.0 Å². The molecule has 0 heterocycles. The van der Waals surface area contributed by atoms with Gasteiger partial charge in [-0.15, -0.1) is 0 Å².